The van der Waals surface area contributed by atoms with Crippen LogP contribution in [0, 0.1) is 7.14 Å². The highest BCUT2D eigenvalue weighted by atomic mass is 127. The van der Waals surface area contributed by atoms with E-state index in [4.69, 9.17) is 4.74 Å². The molecule has 2 N–H and O–H groups in total. The molecule has 0 spiro atoms. The second kappa shape index (κ2) is 9.21. The first kappa shape index (κ1) is 19.0. The van der Waals surface area contributed by atoms with Gasteiger partial charge in [0.2, 0.25) is 0 Å². The first-order valence-corrected chi connectivity index (χ1v) is 9.41. The second-order valence-corrected chi connectivity index (χ2v) is 7.31. The lowest BCUT2D eigenvalue weighted by molar-refractivity contribution is 0.0955. The third-order valence-corrected chi connectivity index (χ3v) is 4.46. The number of nitrogens with zero attached hydrogens (tertiary/aromatic N) is 1. The van der Waals surface area contributed by atoms with Crippen molar-refractivity contribution in [2.45, 2.75) is 13.3 Å². The maximum atomic E-state index is 12.0. The molecule has 0 radical (unpaired) electrons. The minimum absolute atomic E-state index is 0.145. The predicted octanol–water partition coefficient (Wildman–Crippen LogP) is 4.15. The summed E-state index contributed by atoms with van der Waals surface area (Å²) in [6, 6.07) is 10.5. The highest BCUT2D eigenvalue weighted by molar-refractivity contribution is 14.1. The fourth-order valence-corrected chi connectivity index (χ4v) is 3.72. The van der Waals surface area contributed by atoms with Gasteiger partial charge in [0.25, 0.3) is 5.91 Å². The van der Waals surface area contributed by atoms with Crippen LogP contribution in [0.4, 0.5) is 0 Å². The Morgan fingerprint density at radius 2 is 2.00 bits per heavy atom. The first-order valence-electron chi connectivity index (χ1n) is 7.25. The van der Waals surface area contributed by atoms with Crippen LogP contribution in [0.3, 0.4) is 0 Å². The van der Waals surface area contributed by atoms with E-state index in [1.165, 1.54) is 6.21 Å². The number of hydrogen-bond acceptors (Lipinski definition) is 4. The van der Waals surface area contributed by atoms with Gasteiger partial charge in [-0.15, -0.1) is 0 Å². The average molecular weight is 550 g/mol. The van der Waals surface area contributed by atoms with Crippen LogP contribution < -0.4 is 10.2 Å². The van der Waals surface area contributed by atoms with Gasteiger partial charge in [0.1, 0.15) is 11.5 Å². The summed E-state index contributed by atoms with van der Waals surface area (Å²) < 4.78 is 7.18. The zero-order chi connectivity index (χ0) is 17.5. The van der Waals surface area contributed by atoms with Gasteiger partial charge in [-0.1, -0.05) is 6.92 Å². The van der Waals surface area contributed by atoms with E-state index < -0.39 is 0 Å². The van der Waals surface area contributed by atoms with Crippen molar-refractivity contribution < 1.29 is 14.6 Å². The van der Waals surface area contributed by atoms with Crippen molar-refractivity contribution >= 4 is 57.3 Å². The molecule has 0 atom stereocenters. The molecule has 0 fully saturated rings. The van der Waals surface area contributed by atoms with E-state index in [-0.39, 0.29) is 11.7 Å². The standard InChI is InChI=1S/C17H16I2N2O3/c1-2-7-24-14-5-3-11(4-6-14)17(23)21-20-10-12-8-13(18)9-15(19)16(12)22/h3-6,8-10,22H,2,7H2,1H3,(H,21,23)/b20-10+. The number of halogens is 2. The number of hydrazone groups is 1. The molecular formula is C17H16I2N2O3. The van der Waals surface area contributed by atoms with Gasteiger partial charge in [-0.05, 0) is 88.0 Å². The molecule has 0 aliphatic heterocycles. The molecule has 24 heavy (non-hydrogen) atoms. The molecule has 2 rings (SSSR count). The molecule has 0 bridgehead atoms. The topological polar surface area (TPSA) is 70.9 Å². The number of ether oxygens (including phenoxy) is 1. The summed E-state index contributed by atoms with van der Waals surface area (Å²) in [5.41, 5.74) is 3.48. The van der Waals surface area contributed by atoms with E-state index >= 15 is 0 Å². The van der Waals surface area contributed by atoms with E-state index in [9.17, 15) is 9.90 Å². The Morgan fingerprint density at radius 1 is 1.29 bits per heavy atom. The molecule has 0 aliphatic carbocycles. The average Bonchev–Trinajstić information content (AvgIpc) is 2.57. The zero-order valence-electron chi connectivity index (χ0n) is 12.9. The van der Waals surface area contributed by atoms with Gasteiger partial charge >= 0.3 is 0 Å². The number of rotatable bonds is 6. The molecule has 7 heteroatoms. The number of hydrogen-bond donors (Lipinski definition) is 2. The smallest absolute Gasteiger partial charge is 0.271 e. The highest BCUT2D eigenvalue weighted by Crippen LogP contribution is 2.25. The van der Waals surface area contributed by atoms with Crippen LogP contribution in [0.1, 0.15) is 29.3 Å². The molecule has 0 unspecified atom stereocenters. The van der Waals surface area contributed by atoms with Crippen molar-refractivity contribution in [2.24, 2.45) is 5.10 Å². The van der Waals surface area contributed by atoms with E-state index in [2.05, 4.69) is 33.1 Å². The van der Waals surface area contributed by atoms with Crippen LogP contribution in [-0.4, -0.2) is 23.8 Å². The maximum Gasteiger partial charge on any atom is 0.271 e. The lowest BCUT2D eigenvalue weighted by Crippen LogP contribution is -2.17. The van der Waals surface area contributed by atoms with E-state index in [1.807, 2.05) is 35.6 Å². The summed E-state index contributed by atoms with van der Waals surface area (Å²) in [6.07, 6.45) is 2.36. The Hall–Kier alpha value is -1.36. The normalized spacial score (nSPS) is 10.8. The Kier molecular flexibility index (Phi) is 7.28. The maximum absolute atomic E-state index is 12.0. The molecule has 0 saturated carbocycles. The lowest BCUT2D eigenvalue weighted by atomic mass is 10.2. The minimum atomic E-state index is -0.326. The first-order chi connectivity index (χ1) is 11.5. The number of amides is 1. The van der Waals surface area contributed by atoms with Crippen LogP contribution in [0.25, 0.3) is 0 Å². The van der Waals surface area contributed by atoms with Gasteiger partial charge < -0.3 is 9.84 Å². The van der Waals surface area contributed by atoms with Gasteiger partial charge in [0, 0.05) is 14.7 Å². The van der Waals surface area contributed by atoms with Crippen molar-refractivity contribution in [1.29, 1.82) is 0 Å². The summed E-state index contributed by atoms with van der Waals surface area (Å²) in [5, 5.41) is 13.9. The molecule has 2 aromatic rings. The SMILES string of the molecule is CCCOc1ccc(C(=O)N/N=C/c2cc(I)cc(I)c2O)cc1. The molecular weight excluding hydrogens is 534 g/mol. The number of nitrogens with one attached hydrogen (secondary N) is 1. The molecule has 126 valence electrons. The number of benzene rings is 2. The van der Waals surface area contributed by atoms with Crippen LogP contribution >= 0.6 is 45.2 Å². The summed E-state index contributed by atoms with van der Waals surface area (Å²) in [7, 11) is 0. The van der Waals surface area contributed by atoms with Crippen LogP contribution in [0.15, 0.2) is 41.5 Å². The summed E-state index contributed by atoms with van der Waals surface area (Å²) in [6.45, 7) is 2.68. The molecule has 0 aliphatic rings. The molecule has 0 aromatic heterocycles. The third kappa shape index (κ3) is 5.33. The largest absolute Gasteiger partial charge is 0.506 e. The molecule has 1 amide bonds. The minimum Gasteiger partial charge on any atom is -0.506 e. The summed E-state index contributed by atoms with van der Waals surface area (Å²) in [5.74, 6) is 0.551. The molecule has 0 saturated heterocycles. The zero-order valence-corrected chi connectivity index (χ0v) is 17.2. The van der Waals surface area contributed by atoms with Crippen molar-refractivity contribution in [1.82, 2.24) is 5.43 Å². The third-order valence-electron chi connectivity index (χ3n) is 3.02. The van der Waals surface area contributed by atoms with E-state index in [0.29, 0.717) is 17.7 Å². The molecule has 2 aromatic carbocycles. The second-order valence-electron chi connectivity index (χ2n) is 4.90. The van der Waals surface area contributed by atoms with E-state index in [1.54, 1.807) is 30.3 Å². The number of carbonyl (C=O) groups is 1. The van der Waals surface area contributed by atoms with Crippen LogP contribution in [0.2, 0.25) is 0 Å². The van der Waals surface area contributed by atoms with Gasteiger partial charge in [0.15, 0.2) is 0 Å². The van der Waals surface area contributed by atoms with Crippen molar-refractivity contribution in [3.63, 3.8) is 0 Å². The fraction of sp³-hybridized carbons (Fsp3) is 0.176. The highest BCUT2D eigenvalue weighted by Gasteiger charge is 2.07. The van der Waals surface area contributed by atoms with Crippen LogP contribution in [0.5, 0.6) is 11.5 Å². The van der Waals surface area contributed by atoms with Crippen molar-refractivity contribution in [2.75, 3.05) is 6.61 Å². The summed E-state index contributed by atoms with van der Waals surface area (Å²) >= 11 is 4.20. The van der Waals surface area contributed by atoms with Gasteiger partial charge in [-0.25, -0.2) is 5.43 Å². The Bertz CT molecular complexity index is 746. The Morgan fingerprint density at radius 3 is 2.67 bits per heavy atom. The Balaban J connectivity index is 2.00. The number of carbonyl (C=O) groups excluding carboxylic acids is 1. The monoisotopic (exact) mass is 550 g/mol. The van der Waals surface area contributed by atoms with Gasteiger partial charge in [-0.3, -0.25) is 4.79 Å². The number of aromatic hydroxyl groups is 1. The summed E-state index contributed by atoms with van der Waals surface area (Å²) in [4.78, 5) is 12.0. The predicted molar refractivity (Wildman–Crippen MR) is 111 cm³/mol. The Labute approximate surface area is 167 Å². The molecule has 0 heterocycles. The van der Waals surface area contributed by atoms with Gasteiger partial charge in [0.05, 0.1) is 16.4 Å². The van der Waals surface area contributed by atoms with Crippen LogP contribution in [-0.2, 0) is 0 Å². The molecule has 5 nitrogen and oxygen atoms in total. The van der Waals surface area contributed by atoms with Crippen molar-refractivity contribution in [3.05, 3.63) is 54.7 Å². The van der Waals surface area contributed by atoms with Crippen molar-refractivity contribution in [3.8, 4) is 11.5 Å². The lowest BCUT2D eigenvalue weighted by Gasteiger charge is -2.05. The number of phenols is 1. The van der Waals surface area contributed by atoms with E-state index in [0.717, 1.165) is 19.3 Å². The quantitative estimate of drug-likeness (QED) is 0.323. The number of phenolic OH excluding ortho intramolecular Hbond substituents is 1. The van der Waals surface area contributed by atoms with Gasteiger partial charge in [-0.2, -0.15) is 5.10 Å². The fourth-order valence-electron chi connectivity index (χ4n) is 1.83.